The molecule has 7 heteroatoms. The van der Waals surface area contributed by atoms with E-state index in [2.05, 4.69) is 20.9 Å². The number of carbonyl (C=O) groups excluding carboxylic acids is 1. The largest absolute Gasteiger partial charge is 0.347 e. The number of piperidine rings is 1. The van der Waals surface area contributed by atoms with Crippen LogP contribution in [0, 0.1) is 12.7 Å². The van der Waals surface area contributed by atoms with Gasteiger partial charge in [0.1, 0.15) is 5.82 Å². The number of aromatic nitrogens is 3. The molecule has 1 amide bonds. The Morgan fingerprint density at radius 2 is 2.16 bits per heavy atom. The van der Waals surface area contributed by atoms with E-state index in [-0.39, 0.29) is 23.7 Å². The van der Waals surface area contributed by atoms with Gasteiger partial charge in [-0.15, -0.1) is 5.10 Å². The molecule has 25 heavy (non-hydrogen) atoms. The third kappa shape index (κ3) is 3.28. The summed E-state index contributed by atoms with van der Waals surface area (Å²) in [5.74, 6) is -0.253. The zero-order chi connectivity index (χ0) is 17.4. The van der Waals surface area contributed by atoms with Crippen LogP contribution in [0.2, 0.25) is 0 Å². The van der Waals surface area contributed by atoms with E-state index in [4.69, 9.17) is 0 Å². The Morgan fingerprint density at radius 3 is 2.92 bits per heavy atom. The van der Waals surface area contributed by atoms with Gasteiger partial charge in [-0.05, 0) is 57.0 Å². The monoisotopic (exact) mass is 343 g/mol. The minimum atomic E-state index is -0.241. The summed E-state index contributed by atoms with van der Waals surface area (Å²) in [5, 5.41) is 14.6. The molecule has 0 bridgehead atoms. The Morgan fingerprint density at radius 1 is 1.36 bits per heavy atom. The first-order valence-electron chi connectivity index (χ1n) is 8.82. The van der Waals surface area contributed by atoms with Crippen molar-refractivity contribution >= 4 is 5.91 Å². The zero-order valence-corrected chi connectivity index (χ0v) is 14.2. The predicted octanol–water partition coefficient (Wildman–Crippen LogP) is 1.94. The fourth-order valence-corrected chi connectivity index (χ4v) is 3.65. The second kappa shape index (κ2) is 6.55. The molecule has 2 N–H and O–H groups in total. The highest BCUT2D eigenvalue weighted by Crippen LogP contribution is 2.41. The van der Waals surface area contributed by atoms with Crippen molar-refractivity contribution in [1.29, 1.82) is 0 Å². The number of rotatable bonds is 4. The van der Waals surface area contributed by atoms with Crippen molar-refractivity contribution in [3.05, 3.63) is 47.0 Å². The van der Waals surface area contributed by atoms with E-state index in [0.29, 0.717) is 11.7 Å². The number of hydrogen-bond acceptors (Lipinski definition) is 4. The van der Waals surface area contributed by atoms with Crippen molar-refractivity contribution in [3.63, 3.8) is 0 Å². The fraction of sp³-hybridized carbons (Fsp3) is 0.500. The quantitative estimate of drug-likeness (QED) is 0.890. The van der Waals surface area contributed by atoms with E-state index in [1.807, 2.05) is 17.7 Å². The Hall–Kier alpha value is -2.28. The first-order chi connectivity index (χ1) is 12.1. The summed E-state index contributed by atoms with van der Waals surface area (Å²) in [6.07, 6.45) is 2.82. The molecule has 6 nitrogen and oxygen atoms in total. The molecule has 2 aliphatic rings. The fourth-order valence-electron chi connectivity index (χ4n) is 3.65. The molecule has 2 aromatic rings. The van der Waals surface area contributed by atoms with Gasteiger partial charge in [-0.3, -0.25) is 4.79 Å². The standard InChI is InChI=1S/C18H22FN5O/c1-11-17(22-23-24(11)14-5-7-20-8-6-14)18(25)21-16-10-15(16)12-3-2-4-13(19)9-12/h2-4,9,14-16,20H,5-8,10H2,1H3,(H,21,25). The lowest BCUT2D eigenvalue weighted by atomic mass is 10.1. The molecule has 2 fully saturated rings. The molecule has 0 spiro atoms. The highest BCUT2D eigenvalue weighted by Gasteiger charge is 2.40. The van der Waals surface area contributed by atoms with Crippen molar-refractivity contribution in [2.24, 2.45) is 0 Å². The summed E-state index contributed by atoms with van der Waals surface area (Å²) >= 11 is 0. The summed E-state index contributed by atoms with van der Waals surface area (Å²) in [6, 6.07) is 6.92. The third-order valence-electron chi connectivity index (χ3n) is 5.18. The predicted molar refractivity (Wildman–Crippen MR) is 90.9 cm³/mol. The smallest absolute Gasteiger partial charge is 0.273 e. The Bertz CT molecular complexity index is 784. The molecule has 4 rings (SSSR count). The number of benzene rings is 1. The second-order valence-electron chi connectivity index (χ2n) is 6.93. The van der Waals surface area contributed by atoms with Gasteiger partial charge in [0.25, 0.3) is 5.91 Å². The van der Waals surface area contributed by atoms with E-state index >= 15 is 0 Å². The molecule has 2 heterocycles. The zero-order valence-electron chi connectivity index (χ0n) is 14.2. The van der Waals surface area contributed by atoms with Crippen LogP contribution in [0.25, 0.3) is 0 Å². The molecular weight excluding hydrogens is 321 g/mol. The van der Waals surface area contributed by atoms with Crippen LogP contribution >= 0.6 is 0 Å². The summed E-state index contributed by atoms with van der Waals surface area (Å²) in [7, 11) is 0. The average Bonchev–Trinajstić information content (AvgIpc) is 3.27. The molecule has 1 aromatic carbocycles. The van der Waals surface area contributed by atoms with Crippen molar-refractivity contribution < 1.29 is 9.18 Å². The SMILES string of the molecule is Cc1c(C(=O)NC2CC2c2cccc(F)c2)nnn1C1CCNCC1. The molecule has 1 saturated carbocycles. The molecule has 1 aliphatic carbocycles. The van der Waals surface area contributed by atoms with Gasteiger partial charge in [0.15, 0.2) is 5.69 Å². The van der Waals surface area contributed by atoms with Crippen LogP contribution in [0.5, 0.6) is 0 Å². The summed E-state index contributed by atoms with van der Waals surface area (Å²) < 4.78 is 15.2. The summed E-state index contributed by atoms with van der Waals surface area (Å²) in [6.45, 7) is 3.82. The lowest BCUT2D eigenvalue weighted by Crippen LogP contribution is -2.31. The normalized spacial score (nSPS) is 23.4. The van der Waals surface area contributed by atoms with Crippen LogP contribution < -0.4 is 10.6 Å². The van der Waals surface area contributed by atoms with Gasteiger partial charge in [0.2, 0.25) is 0 Å². The minimum Gasteiger partial charge on any atom is -0.347 e. The number of nitrogens with one attached hydrogen (secondary N) is 2. The van der Waals surface area contributed by atoms with Gasteiger partial charge in [-0.25, -0.2) is 9.07 Å². The number of nitrogens with zero attached hydrogens (tertiary/aromatic N) is 3. The van der Waals surface area contributed by atoms with Crippen molar-refractivity contribution in [3.8, 4) is 0 Å². The molecule has 1 aliphatic heterocycles. The van der Waals surface area contributed by atoms with E-state index in [0.717, 1.165) is 43.6 Å². The number of carbonyl (C=O) groups is 1. The molecule has 132 valence electrons. The molecule has 2 unspecified atom stereocenters. The van der Waals surface area contributed by atoms with Crippen molar-refractivity contribution in [1.82, 2.24) is 25.6 Å². The highest BCUT2D eigenvalue weighted by molar-refractivity contribution is 5.93. The lowest BCUT2D eigenvalue weighted by molar-refractivity contribution is 0.0944. The molecule has 1 aromatic heterocycles. The maximum Gasteiger partial charge on any atom is 0.273 e. The van der Waals surface area contributed by atoms with E-state index < -0.39 is 0 Å². The third-order valence-corrected chi connectivity index (χ3v) is 5.18. The van der Waals surface area contributed by atoms with Crippen molar-refractivity contribution in [2.45, 2.75) is 44.2 Å². The van der Waals surface area contributed by atoms with Crippen molar-refractivity contribution in [2.75, 3.05) is 13.1 Å². The van der Waals surface area contributed by atoms with Crippen LogP contribution in [-0.2, 0) is 0 Å². The summed E-state index contributed by atoms with van der Waals surface area (Å²) in [5.41, 5.74) is 2.14. The molecule has 2 atom stereocenters. The van der Waals surface area contributed by atoms with Gasteiger partial charge >= 0.3 is 0 Å². The van der Waals surface area contributed by atoms with Crippen LogP contribution in [0.1, 0.15) is 53.0 Å². The van der Waals surface area contributed by atoms with E-state index in [1.54, 1.807) is 6.07 Å². The first-order valence-corrected chi connectivity index (χ1v) is 8.82. The molecule has 1 saturated heterocycles. The molecule has 0 radical (unpaired) electrons. The van der Waals surface area contributed by atoms with Crippen LogP contribution in [0.4, 0.5) is 4.39 Å². The number of amides is 1. The number of halogens is 1. The highest BCUT2D eigenvalue weighted by atomic mass is 19.1. The van der Waals surface area contributed by atoms with E-state index in [1.165, 1.54) is 12.1 Å². The maximum absolute atomic E-state index is 13.3. The second-order valence-corrected chi connectivity index (χ2v) is 6.93. The topological polar surface area (TPSA) is 71.8 Å². The molecular formula is C18H22FN5O. The Kier molecular flexibility index (Phi) is 4.25. The average molecular weight is 343 g/mol. The first kappa shape index (κ1) is 16.2. The van der Waals surface area contributed by atoms with Gasteiger partial charge in [0, 0.05) is 12.0 Å². The van der Waals surface area contributed by atoms with Gasteiger partial charge in [-0.1, -0.05) is 17.3 Å². The van der Waals surface area contributed by atoms with Gasteiger partial charge in [0.05, 0.1) is 11.7 Å². The maximum atomic E-state index is 13.3. The lowest BCUT2D eigenvalue weighted by Gasteiger charge is -2.23. The van der Waals surface area contributed by atoms with Crippen LogP contribution in [0.3, 0.4) is 0 Å². The Labute approximate surface area is 145 Å². The van der Waals surface area contributed by atoms with E-state index in [9.17, 15) is 9.18 Å². The van der Waals surface area contributed by atoms with Gasteiger partial charge in [-0.2, -0.15) is 0 Å². The number of hydrogen-bond donors (Lipinski definition) is 2. The van der Waals surface area contributed by atoms with Crippen LogP contribution in [-0.4, -0.2) is 40.0 Å². The minimum absolute atomic E-state index is 0.0396. The summed E-state index contributed by atoms with van der Waals surface area (Å²) in [4.78, 5) is 12.5. The van der Waals surface area contributed by atoms with Crippen LogP contribution in [0.15, 0.2) is 24.3 Å². The van der Waals surface area contributed by atoms with Gasteiger partial charge < -0.3 is 10.6 Å². The Balaban J connectivity index is 1.41.